The van der Waals surface area contributed by atoms with Crippen molar-refractivity contribution in [3.05, 3.63) is 48.6 Å². The Morgan fingerprint density at radius 2 is 0.675 bits per heavy atom. The zero-order valence-electron chi connectivity index (χ0n) is 50.7. The van der Waals surface area contributed by atoms with Crippen LogP contribution in [0.5, 0.6) is 0 Å². The van der Waals surface area contributed by atoms with Gasteiger partial charge in [-0.05, 0) is 77.0 Å². The zero-order valence-corrected chi connectivity index (χ0v) is 51.6. The van der Waals surface area contributed by atoms with E-state index in [4.69, 9.17) is 24.3 Å². The average molecular weight is 1100 g/mol. The Bertz CT molecular complexity index is 1400. The molecule has 0 saturated heterocycles. The SMILES string of the molecule is CCCCCCC/C=C\C/C=C\CCCCCCCCCCCCCCCCCCCC(=O)OC(COC(=O)CCCCCCCCCCCCCCCCC/C=C\C/C=C\CCCCCCC)COP(=O)(O)OCCN. The third-order valence-corrected chi connectivity index (χ3v) is 15.7. The van der Waals surface area contributed by atoms with Crippen LogP contribution in [0, 0.1) is 0 Å². The predicted molar refractivity (Wildman–Crippen MR) is 330 cm³/mol. The van der Waals surface area contributed by atoms with E-state index in [1.807, 2.05) is 0 Å². The highest BCUT2D eigenvalue weighted by atomic mass is 31.2. The van der Waals surface area contributed by atoms with Gasteiger partial charge in [-0.1, -0.05) is 294 Å². The van der Waals surface area contributed by atoms with Gasteiger partial charge in [0, 0.05) is 19.4 Å². The summed E-state index contributed by atoms with van der Waals surface area (Å²) in [5.74, 6) is -0.811. The van der Waals surface area contributed by atoms with Gasteiger partial charge in [-0.2, -0.15) is 0 Å². The number of carbonyl (C=O) groups is 2. The first-order chi connectivity index (χ1) is 37.8. The first-order valence-electron chi connectivity index (χ1n) is 33.1. The number of nitrogens with two attached hydrogens (primary N) is 1. The molecule has 2 unspecified atom stereocenters. The maximum Gasteiger partial charge on any atom is 0.472 e. The number of hydrogen-bond acceptors (Lipinski definition) is 8. The standard InChI is InChI=1S/C67H126NO8P/c1-3-5-7-9-11-13-15-17-19-21-23-25-27-29-31-32-34-36-38-40-42-44-46-48-50-52-54-56-58-60-67(70)76-65(64-75-77(71,72)74-62-61-68)63-73-66(69)59-57-55-53-51-49-47-45-43-41-39-37-35-33-30-28-26-24-22-20-18-16-14-12-10-8-6-4-2/h15-18,21-24,65H,3-14,19-20,25-64,68H2,1-2H3,(H,71,72)/b17-15-,18-16-,23-21-,24-22-. The summed E-state index contributed by atoms with van der Waals surface area (Å²) < 4.78 is 33.2. The van der Waals surface area contributed by atoms with Crippen molar-refractivity contribution in [1.29, 1.82) is 0 Å². The fraction of sp³-hybridized carbons (Fsp3) is 0.851. The van der Waals surface area contributed by atoms with Gasteiger partial charge >= 0.3 is 19.8 Å². The number of esters is 2. The smallest absolute Gasteiger partial charge is 0.462 e. The highest BCUT2D eigenvalue weighted by molar-refractivity contribution is 7.47. The summed E-state index contributed by atoms with van der Waals surface area (Å²) >= 11 is 0. The molecule has 0 heterocycles. The minimum atomic E-state index is -4.39. The number of carbonyl (C=O) groups excluding carboxylic acids is 2. The summed E-state index contributed by atoms with van der Waals surface area (Å²) in [5.41, 5.74) is 5.40. The normalized spacial score (nSPS) is 13.2. The van der Waals surface area contributed by atoms with Gasteiger partial charge in [0.25, 0.3) is 0 Å². The van der Waals surface area contributed by atoms with Crippen LogP contribution in [0.1, 0.15) is 335 Å². The van der Waals surface area contributed by atoms with Gasteiger partial charge in [0.2, 0.25) is 0 Å². The van der Waals surface area contributed by atoms with E-state index in [0.29, 0.717) is 6.42 Å². The number of rotatable bonds is 63. The first kappa shape index (κ1) is 75.0. The molecule has 77 heavy (non-hydrogen) atoms. The average Bonchev–Trinajstić information content (AvgIpc) is 3.42. The Kier molecular flexibility index (Phi) is 61.5. The Balaban J connectivity index is 3.87. The van der Waals surface area contributed by atoms with Crippen molar-refractivity contribution in [2.75, 3.05) is 26.4 Å². The van der Waals surface area contributed by atoms with Crippen molar-refractivity contribution in [3.63, 3.8) is 0 Å². The van der Waals surface area contributed by atoms with Crippen LogP contribution in [0.15, 0.2) is 48.6 Å². The minimum absolute atomic E-state index is 0.0545. The molecule has 0 saturated carbocycles. The fourth-order valence-electron chi connectivity index (χ4n) is 9.76. The molecule has 0 aromatic heterocycles. The van der Waals surface area contributed by atoms with Crippen LogP contribution in [-0.4, -0.2) is 49.3 Å². The number of ether oxygens (including phenoxy) is 2. The van der Waals surface area contributed by atoms with Crippen LogP contribution in [-0.2, 0) is 32.7 Å². The Morgan fingerprint density at radius 3 is 0.987 bits per heavy atom. The largest absolute Gasteiger partial charge is 0.472 e. The van der Waals surface area contributed by atoms with Crippen LogP contribution < -0.4 is 5.73 Å². The molecule has 0 rings (SSSR count). The van der Waals surface area contributed by atoms with Crippen LogP contribution in [0.3, 0.4) is 0 Å². The molecule has 0 radical (unpaired) electrons. The van der Waals surface area contributed by atoms with Gasteiger partial charge < -0.3 is 20.1 Å². The maximum atomic E-state index is 12.7. The Hall–Kier alpha value is -2.03. The number of hydrogen-bond donors (Lipinski definition) is 2. The van der Waals surface area contributed by atoms with Crippen molar-refractivity contribution >= 4 is 19.8 Å². The van der Waals surface area contributed by atoms with E-state index in [9.17, 15) is 19.0 Å². The highest BCUT2D eigenvalue weighted by Crippen LogP contribution is 2.43. The molecule has 0 aromatic carbocycles. The highest BCUT2D eigenvalue weighted by Gasteiger charge is 2.26. The molecule has 9 nitrogen and oxygen atoms in total. The second-order valence-corrected chi connectivity index (χ2v) is 23.8. The lowest BCUT2D eigenvalue weighted by Gasteiger charge is -2.19. The van der Waals surface area contributed by atoms with Gasteiger partial charge in [0.1, 0.15) is 6.61 Å². The van der Waals surface area contributed by atoms with Crippen molar-refractivity contribution in [2.45, 2.75) is 341 Å². The number of phosphoric acid groups is 1. The summed E-state index contributed by atoms with van der Waals surface area (Å²) in [7, 11) is -4.39. The maximum absolute atomic E-state index is 12.7. The third-order valence-electron chi connectivity index (χ3n) is 14.7. The molecule has 0 aliphatic rings. The minimum Gasteiger partial charge on any atom is -0.462 e. The molecule has 0 bridgehead atoms. The second-order valence-electron chi connectivity index (χ2n) is 22.3. The Labute approximate surface area is 477 Å². The van der Waals surface area contributed by atoms with E-state index in [1.165, 1.54) is 257 Å². The van der Waals surface area contributed by atoms with Gasteiger partial charge in [-0.15, -0.1) is 0 Å². The van der Waals surface area contributed by atoms with Crippen LogP contribution in [0.25, 0.3) is 0 Å². The molecular formula is C67H126NO8P. The van der Waals surface area contributed by atoms with E-state index in [0.717, 1.165) is 44.9 Å². The van der Waals surface area contributed by atoms with Crippen LogP contribution >= 0.6 is 7.82 Å². The van der Waals surface area contributed by atoms with E-state index in [2.05, 4.69) is 62.5 Å². The molecule has 0 aliphatic carbocycles. The van der Waals surface area contributed by atoms with Crippen LogP contribution in [0.4, 0.5) is 0 Å². The summed E-state index contributed by atoms with van der Waals surface area (Å²) in [6.07, 6.45) is 79.0. The monoisotopic (exact) mass is 1100 g/mol. The van der Waals surface area contributed by atoms with Gasteiger partial charge in [-0.25, -0.2) is 4.57 Å². The van der Waals surface area contributed by atoms with Crippen LogP contribution in [0.2, 0.25) is 0 Å². The van der Waals surface area contributed by atoms with Gasteiger partial charge in [0.15, 0.2) is 6.10 Å². The lowest BCUT2D eigenvalue weighted by Crippen LogP contribution is -2.29. The number of phosphoric ester groups is 1. The van der Waals surface area contributed by atoms with Crippen molar-refractivity contribution in [2.24, 2.45) is 5.73 Å². The second kappa shape index (κ2) is 63.2. The van der Waals surface area contributed by atoms with Crippen molar-refractivity contribution < 1.29 is 37.6 Å². The zero-order chi connectivity index (χ0) is 55.9. The van der Waals surface area contributed by atoms with Gasteiger partial charge in [-0.3, -0.25) is 18.6 Å². The molecule has 0 fully saturated rings. The molecule has 2 atom stereocenters. The quantitative estimate of drug-likeness (QED) is 0.0264. The topological polar surface area (TPSA) is 134 Å². The molecular weight excluding hydrogens is 978 g/mol. The lowest BCUT2D eigenvalue weighted by molar-refractivity contribution is -0.161. The van der Waals surface area contributed by atoms with E-state index in [-0.39, 0.29) is 38.6 Å². The lowest BCUT2D eigenvalue weighted by atomic mass is 10.0. The number of allylic oxidation sites excluding steroid dienone is 8. The summed E-state index contributed by atoms with van der Waals surface area (Å²) in [6, 6.07) is 0. The summed E-state index contributed by atoms with van der Waals surface area (Å²) in [6.45, 7) is 3.78. The van der Waals surface area contributed by atoms with E-state index < -0.39 is 26.5 Å². The molecule has 3 N–H and O–H groups in total. The van der Waals surface area contributed by atoms with Crippen molar-refractivity contribution in [3.8, 4) is 0 Å². The molecule has 10 heteroatoms. The van der Waals surface area contributed by atoms with E-state index in [1.54, 1.807) is 0 Å². The summed E-state index contributed by atoms with van der Waals surface area (Å²) in [5, 5.41) is 0. The molecule has 0 amide bonds. The molecule has 0 aliphatic heterocycles. The molecule has 452 valence electrons. The summed E-state index contributed by atoms with van der Waals surface area (Å²) in [4.78, 5) is 35.3. The molecule has 0 spiro atoms. The fourth-order valence-corrected chi connectivity index (χ4v) is 10.5. The third kappa shape index (κ3) is 63.0. The Morgan fingerprint density at radius 1 is 0.390 bits per heavy atom. The predicted octanol–water partition coefficient (Wildman–Crippen LogP) is 21.3. The molecule has 0 aromatic rings. The number of unbranched alkanes of at least 4 members (excludes halogenated alkanes) is 42. The van der Waals surface area contributed by atoms with Gasteiger partial charge in [0.05, 0.1) is 13.2 Å². The van der Waals surface area contributed by atoms with Crippen molar-refractivity contribution in [1.82, 2.24) is 0 Å². The first-order valence-corrected chi connectivity index (χ1v) is 34.6. The van der Waals surface area contributed by atoms with E-state index >= 15 is 0 Å².